The van der Waals surface area contributed by atoms with Gasteiger partial charge in [0.15, 0.2) is 5.11 Å². The molecule has 0 spiro atoms. The highest BCUT2D eigenvalue weighted by Gasteiger charge is 2.32. The second-order valence-electron chi connectivity index (χ2n) is 4.37. The standard InChI is InChI=1S/C13H18N2OS/c1-10(11-5-3-2-4-6-11)12-9-14-13(17)15(12)7-8-16/h2-6,10,12,16H,7-9H2,1H3,(H,14,17). The van der Waals surface area contributed by atoms with Gasteiger partial charge in [0, 0.05) is 19.0 Å². The average molecular weight is 250 g/mol. The predicted molar refractivity (Wildman–Crippen MR) is 73.0 cm³/mol. The molecule has 0 aliphatic carbocycles. The molecule has 0 amide bonds. The summed E-state index contributed by atoms with van der Waals surface area (Å²) in [5.74, 6) is 0.399. The van der Waals surface area contributed by atoms with Crippen LogP contribution in [0.4, 0.5) is 0 Å². The Morgan fingerprint density at radius 2 is 2.18 bits per heavy atom. The lowest BCUT2D eigenvalue weighted by Crippen LogP contribution is -2.39. The maximum absolute atomic E-state index is 9.09. The van der Waals surface area contributed by atoms with Gasteiger partial charge in [-0.05, 0) is 17.8 Å². The molecule has 3 nitrogen and oxygen atoms in total. The summed E-state index contributed by atoms with van der Waals surface area (Å²) in [7, 11) is 0. The number of nitrogens with zero attached hydrogens (tertiary/aromatic N) is 1. The zero-order valence-electron chi connectivity index (χ0n) is 9.97. The Bertz CT molecular complexity index is 382. The van der Waals surface area contributed by atoms with E-state index in [1.54, 1.807) is 0 Å². The summed E-state index contributed by atoms with van der Waals surface area (Å²) in [6.07, 6.45) is 0. The Labute approximate surface area is 107 Å². The van der Waals surface area contributed by atoms with Gasteiger partial charge in [0.1, 0.15) is 0 Å². The van der Waals surface area contributed by atoms with Crippen molar-refractivity contribution in [2.45, 2.75) is 18.9 Å². The highest BCUT2D eigenvalue weighted by molar-refractivity contribution is 7.80. The molecular formula is C13H18N2OS. The van der Waals surface area contributed by atoms with Crippen LogP contribution in [-0.2, 0) is 0 Å². The summed E-state index contributed by atoms with van der Waals surface area (Å²) < 4.78 is 0. The van der Waals surface area contributed by atoms with E-state index >= 15 is 0 Å². The zero-order chi connectivity index (χ0) is 12.3. The molecule has 1 heterocycles. The molecule has 1 aromatic carbocycles. The van der Waals surface area contributed by atoms with E-state index in [0.29, 0.717) is 18.5 Å². The van der Waals surface area contributed by atoms with Crippen LogP contribution in [0.5, 0.6) is 0 Å². The lowest BCUT2D eigenvalue weighted by molar-refractivity contribution is 0.223. The molecule has 2 rings (SSSR count). The average Bonchev–Trinajstić information content (AvgIpc) is 2.72. The molecule has 2 unspecified atom stereocenters. The van der Waals surface area contributed by atoms with Gasteiger partial charge in [-0.1, -0.05) is 37.3 Å². The van der Waals surface area contributed by atoms with Gasteiger partial charge in [0.25, 0.3) is 0 Å². The molecule has 0 saturated carbocycles. The predicted octanol–water partition coefficient (Wildman–Crippen LogP) is 1.34. The van der Waals surface area contributed by atoms with E-state index in [0.717, 1.165) is 11.7 Å². The summed E-state index contributed by atoms with van der Waals surface area (Å²) in [6, 6.07) is 10.8. The van der Waals surface area contributed by atoms with Crippen molar-refractivity contribution in [1.29, 1.82) is 0 Å². The molecule has 1 saturated heterocycles. The van der Waals surface area contributed by atoms with Gasteiger partial charge >= 0.3 is 0 Å². The molecule has 17 heavy (non-hydrogen) atoms. The number of benzene rings is 1. The molecule has 2 atom stereocenters. The van der Waals surface area contributed by atoms with Crippen molar-refractivity contribution in [2.75, 3.05) is 19.7 Å². The van der Waals surface area contributed by atoms with Crippen molar-refractivity contribution in [3.05, 3.63) is 35.9 Å². The van der Waals surface area contributed by atoms with Gasteiger partial charge in [-0.3, -0.25) is 0 Å². The number of hydrogen-bond donors (Lipinski definition) is 2. The SMILES string of the molecule is CC(c1ccccc1)C1CNC(=S)N1CCO. The first kappa shape index (κ1) is 12.3. The highest BCUT2D eigenvalue weighted by atomic mass is 32.1. The molecule has 4 heteroatoms. The summed E-state index contributed by atoms with van der Waals surface area (Å²) >= 11 is 5.26. The molecule has 0 aromatic heterocycles. The van der Waals surface area contributed by atoms with Crippen LogP contribution in [0.25, 0.3) is 0 Å². The fourth-order valence-electron chi connectivity index (χ4n) is 2.35. The van der Waals surface area contributed by atoms with Crippen LogP contribution in [0.1, 0.15) is 18.4 Å². The second-order valence-corrected chi connectivity index (χ2v) is 4.76. The Morgan fingerprint density at radius 1 is 1.47 bits per heavy atom. The van der Waals surface area contributed by atoms with Crippen molar-refractivity contribution in [2.24, 2.45) is 0 Å². The molecular weight excluding hydrogens is 232 g/mol. The van der Waals surface area contributed by atoms with Gasteiger partial charge in [-0.2, -0.15) is 0 Å². The first-order valence-corrected chi connectivity index (χ1v) is 6.35. The fourth-order valence-corrected chi connectivity index (χ4v) is 2.66. The van der Waals surface area contributed by atoms with Crippen LogP contribution in [0.15, 0.2) is 30.3 Å². The third-order valence-corrected chi connectivity index (χ3v) is 3.75. The van der Waals surface area contributed by atoms with Crippen LogP contribution < -0.4 is 5.32 Å². The number of aliphatic hydroxyl groups excluding tert-OH is 1. The molecule has 1 aliphatic rings. The number of rotatable bonds is 4. The van der Waals surface area contributed by atoms with Crippen molar-refractivity contribution in [1.82, 2.24) is 10.2 Å². The van der Waals surface area contributed by atoms with E-state index in [-0.39, 0.29) is 6.61 Å². The third kappa shape index (κ3) is 2.58. The Kier molecular flexibility index (Phi) is 3.97. The quantitative estimate of drug-likeness (QED) is 0.791. The van der Waals surface area contributed by atoms with E-state index in [4.69, 9.17) is 17.3 Å². The molecule has 0 radical (unpaired) electrons. The first-order chi connectivity index (χ1) is 8.24. The van der Waals surface area contributed by atoms with Crippen LogP contribution >= 0.6 is 12.2 Å². The smallest absolute Gasteiger partial charge is 0.169 e. The summed E-state index contributed by atoms with van der Waals surface area (Å²) in [5, 5.41) is 13.0. The van der Waals surface area contributed by atoms with E-state index in [2.05, 4.69) is 41.4 Å². The van der Waals surface area contributed by atoms with E-state index in [1.165, 1.54) is 5.56 Å². The number of hydrogen-bond acceptors (Lipinski definition) is 2. The summed E-state index contributed by atoms with van der Waals surface area (Å²) in [5.41, 5.74) is 1.31. The molecule has 1 aliphatic heterocycles. The normalized spacial score (nSPS) is 21.4. The van der Waals surface area contributed by atoms with Crippen LogP contribution in [0.2, 0.25) is 0 Å². The van der Waals surface area contributed by atoms with Crippen molar-refractivity contribution in [3.8, 4) is 0 Å². The minimum Gasteiger partial charge on any atom is -0.395 e. The molecule has 0 bridgehead atoms. The number of nitrogens with one attached hydrogen (secondary N) is 1. The van der Waals surface area contributed by atoms with E-state index < -0.39 is 0 Å². The number of aliphatic hydroxyl groups is 1. The van der Waals surface area contributed by atoms with Crippen molar-refractivity contribution < 1.29 is 5.11 Å². The monoisotopic (exact) mass is 250 g/mol. The summed E-state index contributed by atoms with van der Waals surface area (Å²) in [4.78, 5) is 2.09. The van der Waals surface area contributed by atoms with Crippen molar-refractivity contribution >= 4 is 17.3 Å². The lowest BCUT2D eigenvalue weighted by atomic mass is 9.93. The van der Waals surface area contributed by atoms with Crippen LogP contribution in [-0.4, -0.2) is 40.9 Å². The minimum absolute atomic E-state index is 0.139. The first-order valence-electron chi connectivity index (χ1n) is 5.94. The second kappa shape index (κ2) is 5.47. The lowest BCUT2D eigenvalue weighted by Gasteiger charge is -2.29. The largest absolute Gasteiger partial charge is 0.395 e. The van der Waals surface area contributed by atoms with Gasteiger partial charge in [-0.25, -0.2) is 0 Å². The van der Waals surface area contributed by atoms with E-state index in [1.807, 2.05) is 6.07 Å². The fraction of sp³-hybridized carbons (Fsp3) is 0.462. The Hall–Kier alpha value is -1.13. The molecule has 1 aromatic rings. The van der Waals surface area contributed by atoms with Gasteiger partial charge < -0.3 is 15.3 Å². The third-order valence-electron chi connectivity index (χ3n) is 3.37. The topological polar surface area (TPSA) is 35.5 Å². The molecule has 2 N–H and O–H groups in total. The van der Waals surface area contributed by atoms with E-state index in [9.17, 15) is 0 Å². The van der Waals surface area contributed by atoms with Crippen LogP contribution in [0, 0.1) is 0 Å². The Morgan fingerprint density at radius 3 is 2.82 bits per heavy atom. The zero-order valence-corrected chi connectivity index (χ0v) is 10.8. The maximum Gasteiger partial charge on any atom is 0.169 e. The summed E-state index contributed by atoms with van der Waals surface area (Å²) in [6.45, 7) is 3.81. The number of thiocarbonyl (C=S) groups is 1. The molecule has 92 valence electrons. The molecule has 1 fully saturated rings. The van der Waals surface area contributed by atoms with Gasteiger partial charge in [0.05, 0.1) is 12.6 Å². The highest BCUT2D eigenvalue weighted by Crippen LogP contribution is 2.25. The van der Waals surface area contributed by atoms with Crippen LogP contribution in [0.3, 0.4) is 0 Å². The Balaban J connectivity index is 2.14. The number of β-amino-alcohol motifs (C(OH)–C–C–N with tert-alkyl or cyclic N) is 1. The van der Waals surface area contributed by atoms with Crippen molar-refractivity contribution in [3.63, 3.8) is 0 Å². The van der Waals surface area contributed by atoms with Gasteiger partial charge in [-0.15, -0.1) is 0 Å². The minimum atomic E-state index is 0.139. The van der Waals surface area contributed by atoms with Gasteiger partial charge in [0.2, 0.25) is 0 Å². The maximum atomic E-state index is 9.09.